The van der Waals surface area contributed by atoms with Crippen molar-refractivity contribution in [3.8, 4) is 0 Å². The molecule has 0 heterocycles. The van der Waals surface area contributed by atoms with E-state index in [9.17, 15) is 22.4 Å². The molecule has 0 aliphatic heterocycles. The van der Waals surface area contributed by atoms with Crippen LogP contribution in [0.5, 0.6) is 0 Å². The quantitative estimate of drug-likeness (QED) is 0.377. The summed E-state index contributed by atoms with van der Waals surface area (Å²) in [5.74, 6) is -1.49. The molecule has 3 aromatic rings. The summed E-state index contributed by atoms with van der Waals surface area (Å²) < 4.78 is 39.8. The number of hydrogen-bond acceptors (Lipinski definition) is 4. The normalized spacial score (nSPS) is 12.2. The van der Waals surface area contributed by atoms with Crippen LogP contribution >= 0.6 is 11.6 Å². The number of nitrogens with zero attached hydrogens (tertiary/aromatic N) is 2. The molecule has 2 amide bonds. The van der Waals surface area contributed by atoms with E-state index in [1.165, 1.54) is 17.0 Å². The molecule has 0 radical (unpaired) electrons. The smallest absolute Gasteiger partial charge is 0.244 e. The molecule has 1 N–H and O–H groups in total. The summed E-state index contributed by atoms with van der Waals surface area (Å²) in [4.78, 5) is 28.7. The zero-order chi connectivity index (χ0) is 27.9. The zero-order valence-corrected chi connectivity index (χ0v) is 23.0. The molecular weight excluding hydrogens is 529 g/mol. The van der Waals surface area contributed by atoms with Crippen molar-refractivity contribution < 1.29 is 22.4 Å². The van der Waals surface area contributed by atoms with Crippen molar-refractivity contribution in [1.82, 2.24) is 10.2 Å². The van der Waals surface area contributed by atoms with Crippen molar-refractivity contribution >= 4 is 39.1 Å². The molecule has 3 rings (SSSR count). The monoisotopic (exact) mass is 559 g/mol. The highest BCUT2D eigenvalue weighted by Crippen LogP contribution is 2.21. The lowest BCUT2D eigenvalue weighted by atomic mass is 10.0. The lowest BCUT2D eigenvalue weighted by Gasteiger charge is -2.34. The van der Waals surface area contributed by atoms with Gasteiger partial charge < -0.3 is 10.2 Å². The van der Waals surface area contributed by atoms with Gasteiger partial charge in [0, 0.05) is 24.0 Å². The molecule has 0 aliphatic rings. The second kappa shape index (κ2) is 12.9. The number of nitrogens with one attached hydrogen (secondary N) is 1. The highest BCUT2D eigenvalue weighted by Gasteiger charge is 2.33. The van der Waals surface area contributed by atoms with Gasteiger partial charge in [-0.05, 0) is 61.4 Å². The average Bonchev–Trinajstić information content (AvgIpc) is 2.86. The molecular formula is C28H31ClFN3O4S. The number of halogens is 2. The Morgan fingerprint density at radius 1 is 0.921 bits per heavy atom. The Bertz CT molecular complexity index is 1330. The third-order valence-electron chi connectivity index (χ3n) is 5.76. The molecule has 1 atom stereocenters. The predicted octanol–water partition coefficient (Wildman–Crippen LogP) is 4.41. The van der Waals surface area contributed by atoms with Crippen molar-refractivity contribution in [2.45, 2.75) is 38.9 Å². The van der Waals surface area contributed by atoms with Gasteiger partial charge in [-0.2, -0.15) is 0 Å². The van der Waals surface area contributed by atoms with Gasteiger partial charge in [0.15, 0.2) is 0 Å². The van der Waals surface area contributed by atoms with Crippen LogP contribution < -0.4 is 9.62 Å². The lowest BCUT2D eigenvalue weighted by Crippen LogP contribution is -2.54. The first-order valence-electron chi connectivity index (χ1n) is 12.1. The second-order valence-electron chi connectivity index (χ2n) is 9.26. The minimum absolute atomic E-state index is 0.0417. The SMILES string of the molecule is CC(C)NC(=O)[C@@H](Cc1ccccc1)N(Cc1ccc(Cl)cc1)C(=O)CN(c1ccc(F)cc1)S(C)(=O)=O. The van der Waals surface area contributed by atoms with Gasteiger partial charge in [0.05, 0.1) is 11.9 Å². The summed E-state index contributed by atoms with van der Waals surface area (Å²) in [7, 11) is -3.92. The summed E-state index contributed by atoms with van der Waals surface area (Å²) in [5.41, 5.74) is 1.69. The zero-order valence-electron chi connectivity index (χ0n) is 21.5. The topological polar surface area (TPSA) is 86.8 Å². The molecule has 0 unspecified atom stereocenters. The molecule has 38 heavy (non-hydrogen) atoms. The van der Waals surface area contributed by atoms with Crippen LogP contribution in [-0.4, -0.2) is 50.0 Å². The third-order valence-corrected chi connectivity index (χ3v) is 7.15. The molecule has 202 valence electrons. The van der Waals surface area contributed by atoms with Crippen LogP contribution in [0.25, 0.3) is 0 Å². The fourth-order valence-corrected chi connectivity index (χ4v) is 4.92. The maximum absolute atomic E-state index is 13.9. The molecule has 0 aliphatic carbocycles. The van der Waals surface area contributed by atoms with Gasteiger partial charge in [0.25, 0.3) is 0 Å². The van der Waals surface area contributed by atoms with Gasteiger partial charge in [-0.15, -0.1) is 0 Å². The van der Waals surface area contributed by atoms with Gasteiger partial charge in [-0.3, -0.25) is 13.9 Å². The fraction of sp³-hybridized carbons (Fsp3) is 0.286. The molecule has 0 fully saturated rings. The van der Waals surface area contributed by atoms with Gasteiger partial charge in [-0.1, -0.05) is 54.1 Å². The van der Waals surface area contributed by atoms with Crippen LogP contribution in [0, 0.1) is 5.82 Å². The van der Waals surface area contributed by atoms with Gasteiger partial charge in [0.1, 0.15) is 18.4 Å². The number of anilines is 1. The minimum Gasteiger partial charge on any atom is -0.352 e. The third kappa shape index (κ3) is 8.29. The van der Waals surface area contributed by atoms with E-state index in [4.69, 9.17) is 11.6 Å². The first kappa shape index (κ1) is 29.1. The summed E-state index contributed by atoms with van der Waals surface area (Å²) in [6, 6.07) is 19.8. The first-order chi connectivity index (χ1) is 17.9. The maximum Gasteiger partial charge on any atom is 0.244 e. The molecule has 0 bridgehead atoms. The second-order valence-corrected chi connectivity index (χ2v) is 11.6. The summed E-state index contributed by atoms with van der Waals surface area (Å²) in [6.07, 6.45) is 1.19. The van der Waals surface area contributed by atoms with Crippen LogP contribution in [0.3, 0.4) is 0 Å². The van der Waals surface area contributed by atoms with E-state index in [0.29, 0.717) is 10.6 Å². The van der Waals surface area contributed by atoms with Gasteiger partial charge in [0.2, 0.25) is 21.8 Å². The van der Waals surface area contributed by atoms with Crippen LogP contribution in [0.15, 0.2) is 78.9 Å². The standard InChI is InChI=1S/C28H31ClFN3O4S/c1-20(2)31-28(35)26(17-21-7-5-4-6-8-21)32(18-22-9-11-23(29)12-10-22)27(34)19-33(38(3,36)37)25-15-13-24(30)14-16-25/h4-16,20,26H,17-19H2,1-3H3,(H,31,35)/t26-/m1/s1. The number of benzene rings is 3. The van der Waals surface area contributed by atoms with Crippen LogP contribution in [0.1, 0.15) is 25.0 Å². The van der Waals surface area contributed by atoms with Crippen LogP contribution in [0.2, 0.25) is 5.02 Å². The van der Waals surface area contributed by atoms with Crippen molar-refractivity contribution in [3.63, 3.8) is 0 Å². The Kier molecular flexibility index (Phi) is 9.88. The summed E-state index contributed by atoms with van der Waals surface area (Å²) >= 11 is 6.04. The molecule has 0 spiro atoms. The number of carbonyl (C=O) groups is 2. The Balaban J connectivity index is 2.04. The molecule has 10 heteroatoms. The number of rotatable bonds is 11. The molecule has 0 saturated carbocycles. The first-order valence-corrected chi connectivity index (χ1v) is 14.3. The summed E-state index contributed by atoms with van der Waals surface area (Å²) in [5, 5.41) is 3.41. The van der Waals surface area contributed by atoms with Crippen molar-refractivity contribution in [2.24, 2.45) is 0 Å². The number of carbonyl (C=O) groups excluding carboxylic acids is 2. The number of sulfonamides is 1. The molecule has 0 aromatic heterocycles. The number of hydrogen-bond donors (Lipinski definition) is 1. The highest BCUT2D eigenvalue weighted by atomic mass is 35.5. The lowest BCUT2D eigenvalue weighted by molar-refractivity contribution is -0.140. The van der Waals surface area contributed by atoms with Crippen molar-refractivity contribution in [1.29, 1.82) is 0 Å². The average molecular weight is 560 g/mol. The maximum atomic E-state index is 13.9. The van der Waals surface area contributed by atoms with E-state index < -0.39 is 34.3 Å². The Morgan fingerprint density at radius 3 is 2.08 bits per heavy atom. The Morgan fingerprint density at radius 2 is 1.53 bits per heavy atom. The highest BCUT2D eigenvalue weighted by molar-refractivity contribution is 7.92. The van der Waals surface area contributed by atoms with E-state index in [1.54, 1.807) is 24.3 Å². The molecule has 7 nitrogen and oxygen atoms in total. The minimum atomic E-state index is -3.92. The van der Waals surface area contributed by atoms with Gasteiger partial charge in [-0.25, -0.2) is 12.8 Å². The Hall–Kier alpha value is -3.43. The largest absolute Gasteiger partial charge is 0.352 e. The van der Waals surface area contributed by atoms with Gasteiger partial charge >= 0.3 is 0 Å². The predicted molar refractivity (Wildman–Crippen MR) is 148 cm³/mol. The van der Waals surface area contributed by atoms with E-state index in [-0.39, 0.29) is 30.6 Å². The van der Waals surface area contributed by atoms with E-state index >= 15 is 0 Å². The van der Waals surface area contributed by atoms with Crippen molar-refractivity contribution in [2.75, 3.05) is 17.1 Å². The van der Waals surface area contributed by atoms with Crippen LogP contribution in [0.4, 0.5) is 10.1 Å². The molecule has 3 aromatic carbocycles. The number of amides is 2. The fourth-order valence-electron chi connectivity index (χ4n) is 3.94. The van der Waals surface area contributed by atoms with E-state index in [1.807, 2.05) is 44.2 Å². The summed E-state index contributed by atoms with van der Waals surface area (Å²) in [6.45, 7) is 3.11. The van der Waals surface area contributed by atoms with Crippen LogP contribution in [-0.2, 0) is 32.6 Å². The Labute approximate surface area is 228 Å². The van der Waals surface area contributed by atoms with E-state index in [2.05, 4.69) is 5.32 Å². The van der Waals surface area contributed by atoms with Crippen molar-refractivity contribution in [3.05, 3.63) is 101 Å². The molecule has 0 saturated heterocycles. The van der Waals surface area contributed by atoms with E-state index in [0.717, 1.165) is 28.3 Å².